The molecule has 0 amide bonds. The van der Waals surface area contributed by atoms with Gasteiger partial charge >= 0.3 is 5.43 Å². The first-order chi connectivity index (χ1) is 11.2. The summed E-state index contributed by atoms with van der Waals surface area (Å²) in [7, 11) is 0. The lowest BCUT2D eigenvalue weighted by Crippen LogP contribution is -2.20. The highest BCUT2D eigenvalue weighted by molar-refractivity contribution is 8.00. The Bertz CT molecular complexity index is 373. The Balaban J connectivity index is 4.30. The van der Waals surface area contributed by atoms with Crippen molar-refractivity contribution in [3.8, 4) is 0 Å². The van der Waals surface area contributed by atoms with E-state index in [0.29, 0.717) is 6.61 Å². The minimum absolute atomic E-state index is 0.176. The topological polar surface area (TPSA) is 51.0 Å². The van der Waals surface area contributed by atoms with Crippen molar-refractivity contribution in [2.45, 2.75) is 96.4 Å². The van der Waals surface area contributed by atoms with Gasteiger partial charge in [-0.1, -0.05) is 39.0 Å². The van der Waals surface area contributed by atoms with Crippen LogP contribution in [0.2, 0.25) is 0 Å². The zero-order valence-electron chi connectivity index (χ0n) is 16.1. The molecule has 0 aromatic carbocycles. The molecule has 1 atom stereocenters. The van der Waals surface area contributed by atoms with E-state index in [2.05, 4.69) is 24.1 Å². The van der Waals surface area contributed by atoms with Crippen molar-refractivity contribution < 1.29 is 9.53 Å². The summed E-state index contributed by atoms with van der Waals surface area (Å²) in [5.41, 5.74) is -0.919. The van der Waals surface area contributed by atoms with Crippen LogP contribution in [0.4, 0.5) is 4.79 Å². The molecule has 0 heterocycles. The third-order valence-electron chi connectivity index (χ3n) is 3.47. The predicted octanol–water partition coefficient (Wildman–Crippen LogP) is 7.20. The highest BCUT2D eigenvalue weighted by Gasteiger charge is 2.25. The Morgan fingerprint density at radius 1 is 1.00 bits per heavy atom. The van der Waals surface area contributed by atoms with Crippen molar-refractivity contribution in [1.82, 2.24) is 0 Å². The number of hydrogen-bond acceptors (Lipinski definition) is 5. The minimum atomic E-state index is -0.743. The van der Waals surface area contributed by atoms with Gasteiger partial charge in [-0.15, -0.1) is 11.8 Å². The van der Waals surface area contributed by atoms with Crippen molar-refractivity contribution >= 4 is 28.8 Å². The highest BCUT2D eigenvalue weighted by atomic mass is 35.5. The molecule has 0 aliphatic carbocycles. The molecule has 0 fully saturated rings. The van der Waals surface area contributed by atoms with E-state index in [4.69, 9.17) is 16.3 Å². The summed E-state index contributed by atoms with van der Waals surface area (Å²) < 4.78 is 4.81. The molecular formula is C18H35ClN2O2S. The van der Waals surface area contributed by atoms with Crippen molar-refractivity contribution in [2.75, 3.05) is 12.4 Å². The molecule has 1 unspecified atom stereocenters. The van der Waals surface area contributed by atoms with E-state index in [1.165, 1.54) is 38.5 Å². The Hall–Kier alpha value is -0.290. The third kappa shape index (κ3) is 15.3. The Kier molecular flexibility index (Phi) is 12.8. The molecule has 4 nitrogen and oxygen atoms in total. The smallest absolute Gasteiger partial charge is 0.403 e. The first kappa shape index (κ1) is 23.7. The molecule has 0 saturated carbocycles. The predicted molar refractivity (Wildman–Crippen MR) is 105 cm³/mol. The van der Waals surface area contributed by atoms with Gasteiger partial charge in [-0.3, -0.25) is 0 Å². The van der Waals surface area contributed by atoms with Crippen molar-refractivity contribution in [2.24, 2.45) is 10.2 Å². The lowest BCUT2D eigenvalue weighted by atomic mass is 10.1. The molecule has 0 radical (unpaired) electrons. The van der Waals surface area contributed by atoms with Gasteiger partial charge in [-0.05, 0) is 52.7 Å². The van der Waals surface area contributed by atoms with Crippen LogP contribution < -0.4 is 0 Å². The number of halogens is 1. The van der Waals surface area contributed by atoms with Crippen LogP contribution in [0.25, 0.3) is 0 Å². The van der Waals surface area contributed by atoms with Crippen LogP contribution in [0.3, 0.4) is 0 Å². The zero-order valence-corrected chi connectivity index (χ0v) is 17.6. The highest BCUT2D eigenvalue weighted by Crippen LogP contribution is 2.34. The van der Waals surface area contributed by atoms with Gasteiger partial charge < -0.3 is 4.74 Å². The van der Waals surface area contributed by atoms with Crippen molar-refractivity contribution in [3.05, 3.63) is 0 Å². The monoisotopic (exact) mass is 378 g/mol. The van der Waals surface area contributed by atoms with Gasteiger partial charge in [0.05, 0.1) is 12.1 Å². The number of ether oxygens (including phenoxy) is 1. The third-order valence-corrected chi connectivity index (χ3v) is 4.98. The zero-order chi connectivity index (χ0) is 18.5. The molecule has 142 valence electrons. The first-order valence-corrected chi connectivity index (χ1v) is 10.5. The van der Waals surface area contributed by atoms with E-state index in [9.17, 15) is 4.79 Å². The van der Waals surface area contributed by atoms with Gasteiger partial charge in [0.1, 0.15) is 4.87 Å². The molecule has 0 aromatic rings. The van der Waals surface area contributed by atoms with Gasteiger partial charge in [-0.2, -0.15) is 10.2 Å². The van der Waals surface area contributed by atoms with Crippen LogP contribution in [-0.2, 0) is 4.74 Å². The second kappa shape index (κ2) is 13.0. The normalized spacial score (nSPS) is 14.8. The summed E-state index contributed by atoms with van der Waals surface area (Å²) in [5.74, 6) is 1.08. The van der Waals surface area contributed by atoms with Gasteiger partial charge in [0.15, 0.2) is 0 Å². The van der Waals surface area contributed by atoms with Crippen molar-refractivity contribution in [1.29, 1.82) is 0 Å². The number of unbranched alkanes of at least 4 members (excludes halogenated alkanes) is 5. The molecular weight excluding hydrogens is 344 g/mol. The lowest BCUT2D eigenvalue weighted by molar-refractivity contribution is 0.170. The maximum atomic E-state index is 10.6. The largest absolute Gasteiger partial charge is 0.454 e. The van der Waals surface area contributed by atoms with E-state index in [0.717, 1.165) is 18.6 Å². The fourth-order valence-electron chi connectivity index (χ4n) is 2.13. The number of carbonyl (C=O) groups excluding carboxylic acids is 1. The van der Waals surface area contributed by atoms with E-state index in [-0.39, 0.29) is 10.4 Å². The molecule has 0 spiro atoms. The number of hydrogen-bond donors (Lipinski definition) is 0. The van der Waals surface area contributed by atoms with E-state index >= 15 is 0 Å². The van der Waals surface area contributed by atoms with Crippen LogP contribution in [-0.4, -0.2) is 28.2 Å². The maximum Gasteiger partial charge on any atom is 0.403 e. The molecule has 0 bridgehead atoms. The summed E-state index contributed by atoms with van der Waals surface area (Å²) in [5, 5.41) is 9.06. The molecule has 0 aliphatic heterocycles. The summed E-state index contributed by atoms with van der Waals surface area (Å²) in [6.07, 6.45) is 9.33. The standard InChI is InChI=1S/C18H35ClN2O2S/c1-6-7-8-9-10-11-15-24-18(5,21-20-17(2,3)4)13-12-14-23-16(19)22/h6-15H2,1-5H3. The molecule has 0 rings (SSSR count). The Labute approximate surface area is 157 Å². The SMILES string of the molecule is CCCCCCCCSC(C)(CCCOC(=O)Cl)N=NC(C)(C)C. The molecule has 24 heavy (non-hydrogen) atoms. The van der Waals surface area contributed by atoms with Crippen LogP contribution in [0, 0.1) is 0 Å². The summed E-state index contributed by atoms with van der Waals surface area (Å²) >= 11 is 7.05. The maximum absolute atomic E-state index is 10.6. The average molecular weight is 379 g/mol. The van der Waals surface area contributed by atoms with Crippen molar-refractivity contribution in [3.63, 3.8) is 0 Å². The number of nitrogens with zero attached hydrogens (tertiary/aromatic N) is 2. The molecule has 0 N–H and O–H groups in total. The Morgan fingerprint density at radius 3 is 2.21 bits per heavy atom. The summed E-state index contributed by atoms with van der Waals surface area (Å²) in [6, 6.07) is 0. The number of carbonyl (C=O) groups is 1. The quantitative estimate of drug-likeness (QED) is 0.193. The Morgan fingerprint density at radius 2 is 1.62 bits per heavy atom. The molecule has 0 saturated heterocycles. The minimum Gasteiger partial charge on any atom is -0.454 e. The fourth-order valence-corrected chi connectivity index (χ4v) is 3.39. The lowest BCUT2D eigenvalue weighted by Gasteiger charge is -2.25. The van der Waals surface area contributed by atoms with Crippen LogP contribution in [0.5, 0.6) is 0 Å². The van der Waals surface area contributed by atoms with E-state index in [1.54, 1.807) is 0 Å². The first-order valence-electron chi connectivity index (χ1n) is 9.09. The van der Waals surface area contributed by atoms with E-state index in [1.807, 2.05) is 32.5 Å². The van der Waals surface area contributed by atoms with Crippen LogP contribution in [0.1, 0.15) is 86.0 Å². The molecule has 0 aromatic heterocycles. The van der Waals surface area contributed by atoms with Gasteiger partial charge in [-0.25, -0.2) is 4.79 Å². The molecule has 0 aliphatic rings. The second-order valence-electron chi connectivity index (χ2n) is 7.35. The molecule has 6 heteroatoms. The van der Waals surface area contributed by atoms with Gasteiger partial charge in [0.2, 0.25) is 0 Å². The number of thioether (sulfide) groups is 1. The van der Waals surface area contributed by atoms with Crippen LogP contribution in [0.15, 0.2) is 10.2 Å². The fraction of sp³-hybridized carbons (Fsp3) is 0.944. The van der Waals surface area contributed by atoms with Gasteiger partial charge in [0.25, 0.3) is 0 Å². The van der Waals surface area contributed by atoms with Gasteiger partial charge in [0, 0.05) is 11.6 Å². The summed E-state index contributed by atoms with van der Waals surface area (Å²) in [4.78, 5) is 10.4. The van der Waals surface area contributed by atoms with Crippen LogP contribution >= 0.6 is 23.4 Å². The second-order valence-corrected chi connectivity index (χ2v) is 9.24. The van der Waals surface area contributed by atoms with E-state index < -0.39 is 5.43 Å². The number of azo groups is 1. The number of rotatable bonds is 13. The average Bonchev–Trinajstić information content (AvgIpc) is 2.48. The summed E-state index contributed by atoms with van der Waals surface area (Å²) in [6.45, 7) is 10.8.